The number of fused-ring (bicyclic) bond motifs is 6. The molecule has 1 heterocycles. The minimum absolute atomic E-state index is 0.182. The molecule has 4 aliphatic rings. The van der Waals surface area contributed by atoms with E-state index in [1.807, 2.05) is 0 Å². The summed E-state index contributed by atoms with van der Waals surface area (Å²) < 4.78 is 25.6. The first-order chi connectivity index (χ1) is 13.2. The standard InChI is InChI=1S/C23H32O3/c1-3-12-24-17-5-7-18-16(15-17)4-6-20-19(18)8-10-22(2)21(20)9-11-23(22)25-13-14-26-23/h5,7,15,19-21H,3-4,6,8-14H2,1-2H3/t19-,20-,21+,22+/m0/s1/i1D. The molecule has 0 amide bonds. The highest BCUT2D eigenvalue weighted by atomic mass is 16.7. The highest BCUT2D eigenvalue weighted by Crippen LogP contribution is 2.66. The predicted molar refractivity (Wildman–Crippen MR) is 101 cm³/mol. The second-order valence-electron chi connectivity index (χ2n) is 8.92. The molecule has 3 fully saturated rings. The second-order valence-corrected chi connectivity index (χ2v) is 8.92. The summed E-state index contributed by atoms with van der Waals surface area (Å²) in [7, 11) is 0. The lowest BCUT2D eigenvalue weighted by Gasteiger charge is -2.52. The van der Waals surface area contributed by atoms with E-state index in [4.69, 9.17) is 15.6 Å². The lowest BCUT2D eigenvalue weighted by atomic mass is 9.55. The monoisotopic (exact) mass is 357 g/mol. The zero-order chi connectivity index (χ0) is 18.5. The lowest BCUT2D eigenvalue weighted by Crippen LogP contribution is -2.51. The van der Waals surface area contributed by atoms with Crippen LogP contribution in [0.3, 0.4) is 0 Å². The Morgan fingerprint density at radius 2 is 2.08 bits per heavy atom. The normalized spacial score (nSPS) is 37.7. The molecular formula is C23H32O3. The maximum atomic E-state index is 7.26. The summed E-state index contributed by atoms with van der Waals surface area (Å²) in [6.45, 7) is 5.07. The molecule has 5 rings (SSSR count). The van der Waals surface area contributed by atoms with Gasteiger partial charge in [0, 0.05) is 13.2 Å². The van der Waals surface area contributed by atoms with Crippen LogP contribution < -0.4 is 4.74 Å². The lowest BCUT2D eigenvalue weighted by molar-refractivity contribution is -0.237. The van der Waals surface area contributed by atoms with Gasteiger partial charge in [-0.1, -0.05) is 19.9 Å². The second kappa shape index (κ2) is 6.24. The first-order valence-corrected chi connectivity index (χ1v) is 10.5. The van der Waals surface area contributed by atoms with Crippen LogP contribution >= 0.6 is 0 Å². The molecule has 0 bridgehead atoms. The van der Waals surface area contributed by atoms with Gasteiger partial charge in [-0.25, -0.2) is 0 Å². The SMILES string of the molecule is [2H]CCCOc1ccc2c(c1)CC[C@@H]1[C@H]3CCC4(OCCO4)[C@]3(C)CC[C@@H]21. The van der Waals surface area contributed by atoms with Gasteiger partial charge in [0.1, 0.15) is 5.75 Å². The molecule has 0 radical (unpaired) electrons. The Morgan fingerprint density at radius 3 is 2.92 bits per heavy atom. The highest BCUT2D eigenvalue weighted by molar-refractivity contribution is 5.41. The molecule has 26 heavy (non-hydrogen) atoms. The first-order valence-electron chi connectivity index (χ1n) is 11.2. The van der Waals surface area contributed by atoms with Crippen molar-refractivity contribution in [3.05, 3.63) is 29.3 Å². The Balaban J connectivity index is 1.38. The van der Waals surface area contributed by atoms with E-state index >= 15 is 0 Å². The summed E-state index contributed by atoms with van der Waals surface area (Å²) >= 11 is 0. The molecule has 3 heteroatoms. The van der Waals surface area contributed by atoms with E-state index < -0.39 is 0 Å². The third-order valence-electron chi connectivity index (χ3n) is 7.91. The van der Waals surface area contributed by atoms with E-state index in [9.17, 15) is 0 Å². The van der Waals surface area contributed by atoms with Crippen molar-refractivity contribution in [3.8, 4) is 5.75 Å². The van der Waals surface area contributed by atoms with Crippen LogP contribution in [-0.4, -0.2) is 25.6 Å². The smallest absolute Gasteiger partial charge is 0.174 e. The van der Waals surface area contributed by atoms with E-state index in [0.29, 0.717) is 19.4 Å². The molecule has 3 aliphatic carbocycles. The van der Waals surface area contributed by atoms with Crippen molar-refractivity contribution in [1.29, 1.82) is 0 Å². The van der Waals surface area contributed by atoms with Crippen molar-refractivity contribution in [1.82, 2.24) is 0 Å². The number of aryl methyl sites for hydroxylation is 1. The minimum atomic E-state index is -0.293. The number of ether oxygens (including phenoxy) is 3. The van der Waals surface area contributed by atoms with Gasteiger partial charge in [0.05, 0.1) is 19.8 Å². The van der Waals surface area contributed by atoms with Gasteiger partial charge in [-0.3, -0.25) is 0 Å². The van der Waals surface area contributed by atoms with Crippen LogP contribution in [0.5, 0.6) is 5.75 Å². The Kier molecular flexibility index (Phi) is 3.83. The van der Waals surface area contributed by atoms with Crippen molar-refractivity contribution in [2.45, 2.75) is 70.5 Å². The number of hydrogen-bond acceptors (Lipinski definition) is 3. The molecular weight excluding hydrogens is 324 g/mol. The van der Waals surface area contributed by atoms with Crippen molar-refractivity contribution < 1.29 is 15.6 Å². The molecule has 1 saturated heterocycles. The van der Waals surface area contributed by atoms with Crippen LogP contribution in [0.2, 0.25) is 0 Å². The van der Waals surface area contributed by atoms with Gasteiger partial charge in [0.2, 0.25) is 0 Å². The van der Waals surface area contributed by atoms with Crippen LogP contribution in [0.1, 0.15) is 70.8 Å². The third-order valence-corrected chi connectivity index (χ3v) is 7.91. The molecule has 1 aliphatic heterocycles. The summed E-state index contributed by atoms with van der Waals surface area (Å²) in [5, 5.41) is 0. The van der Waals surface area contributed by atoms with Crippen LogP contribution in [-0.2, 0) is 15.9 Å². The Labute approximate surface area is 158 Å². The van der Waals surface area contributed by atoms with E-state index in [-0.39, 0.29) is 11.2 Å². The van der Waals surface area contributed by atoms with Gasteiger partial charge < -0.3 is 14.2 Å². The molecule has 0 aromatic heterocycles. The van der Waals surface area contributed by atoms with Crippen LogP contribution in [0.15, 0.2) is 18.2 Å². The highest BCUT2D eigenvalue weighted by Gasteiger charge is 2.64. The van der Waals surface area contributed by atoms with Crippen LogP contribution in [0.25, 0.3) is 0 Å². The predicted octanol–water partition coefficient (Wildman–Crippen LogP) is 5.07. The Hall–Kier alpha value is -1.06. The minimum Gasteiger partial charge on any atom is -0.494 e. The molecule has 0 N–H and O–H groups in total. The van der Waals surface area contributed by atoms with Gasteiger partial charge in [-0.15, -0.1) is 0 Å². The van der Waals surface area contributed by atoms with Crippen LogP contribution in [0.4, 0.5) is 0 Å². The van der Waals surface area contributed by atoms with Gasteiger partial charge in [-0.05, 0) is 79.5 Å². The molecule has 1 spiro atoms. The van der Waals surface area contributed by atoms with Gasteiger partial charge >= 0.3 is 0 Å². The topological polar surface area (TPSA) is 27.7 Å². The largest absolute Gasteiger partial charge is 0.494 e. The summed E-state index contributed by atoms with van der Waals surface area (Å²) in [6.07, 6.45) is 8.03. The molecule has 3 nitrogen and oxygen atoms in total. The summed E-state index contributed by atoms with van der Waals surface area (Å²) in [4.78, 5) is 0. The summed E-state index contributed by atoms with van der Waals surface area (Å²) in [5.41, 5.74) is 3.24. The number of hydrogen-bond donors (Lipinski definition) is 0. The van der Waals surface area contributed by atoms with E-state index in [2.05, 4.69) is 25.1 Å². The van der Waals surface area contributed by atoms with E-state index in [1.165, 1.54) is 31.2 Å². The van der Waals surface area contributed by atoms with Crippen molar-refractivity contribution in [3.63, 3.8) is 0 Å². The first kappa shape index (κ1) is 15.9. The van der Waals surface area contributed by atoms with Crippen molar-refractivity contribution >= 4 is 0 Å². The molecule has 1 aromatic carbocycles. The third kappa shape index (κ3) is 2.32. The van der Waals surface area contributed by atoms with Gasteiger partial charge in [0.25, 0.3) is 0 Å². The fourth-order valence-electron chi connectivity index (χ4n) is 6.72. The average Bonchev–Trinajstić information content (AvgIpc) is 3.28. The van der Waals surface area contributed by atoms with Crippen LogP contribution in [0, 0.1) is 17.3 Å². The average molecular weight is 358 g/mol. The molecule has 0 unspecified atom stereocenters. The molecule has 142 valence electrons. The fourth-order valence-corrected chi connectivity index (χ4v) is 6.72. The Bertz CT molecular complexity index is 699. The zero-order valence-electron chi connectivity index (χ0n) is 17.0. The molecule has 2 saturated carbocycles. The van der Waals surface area contributed by atoms with Gasteiger partial charge in [-0.2, -0.15) is 0 Å². The molecule has 4 atom stereocenters. The quantitative estimate of drug-likeness (QED) is 0.707. The maximum Gasteiger partial charge on any atom is 0.174 e. The number of rotatable bonds is 3. The maximum absolute atomic E-state index is 7.26. The fraction of sp³-hybridized carbons (Fsp3) is 0.739. The summed E-state index contributed by atoms with van der Waals surface area (Å²) in [5.74, 6) is 2.85. The van der Waals surface area contributed by atoms with Crippen molar-refractivity contribution in [2.75, 3.05) is 19.8 Å². The van der Waals surface area contributed by atoms with E-state index in [0.717, 1.165) is 50.1 Å². The van der Waals surface area contributed by atoms with Crippen molar-refractivity contribution in [2.24, 2.45) is 17.3 Å². The summed E-state index contributed by atoms with van der Waals surface area (Å²) in [6, 6.07) is 6.75. The number of benzene rings is 1. The zero-order valence-corrected chi connectivity index (χ0v) is 16.0. The van der Waals surface area contributed by atoms with Gasteiger partial charge in [0.15, 0.2) is 5.79 Å². The van der Waals surface area contributed by atoms with E-state index in [1.54, 1.807) is 5.56 Å². The Morgan fingerprint density at radius 1 is 1.19 bits per heavy atom. The molecule has 1 aromatic rings.